The van der Waals surface area contributed by atoms with E-state index in [2.05, 4.69) is 0 Å². The normalized spacial score (nSPS) is 19.3. The van der Waals surface area contributed by atoms with Gasteiger partial charge < -0.3 is 10.0 Å². The zero-order valence-corrected chi connectivity index (χ0v) is 8.13. The maximum Gasteiger partial charge on any atom is 0.407 e. The van der Waals surface area contributed by atoms with E-state index in [1.165, 1.54) is 4.90 Å². The fourth-order valence-corrected chi connectivity index (χ4v) is 1.45. The summed E-state index contributed by atoms with van der Waals surface area (Å²) in [7, 11) is 0. The molecule has 1 rings (SSSR count). The van der Waals surface area contributed by atoms with Gasteiger partial charge in [-0.3, -0.25) is 4.90 Å². The molecule has 0 saturated carbocycles. The molecule has 1 aliphatic heterocycles. The molecule has 0 radical (unpaired) electrons. The SMILES string of the molecule is O=C(O)N1CCN(CCC(F)(F)F)CC1. The van der Waals surface area contributed by atoms with Crippen LogP contribution < -0.4 is 0 Å². The first-order chi connectivity index (χ1) is 6.88. The fraction of sp³-hybridized carbons (Fsp3) is 0.875. The maximum atomic E-state index is 11.9. The third kappa shape index (κ3) is 4.37. The van der Waals surface area contributed by atoms with Gasteiger partial charge in [-0.25, -0.2) is 4.79 Å². The summed E-state index contributed by atoms with van der Waals surface area (Å²) in [6.07, 6.45) is -5.98. The van der Waals surface area contributed by atoms with Crippen LogP contribution in [0.3, 0.4) is 0 Å². The Hall–Kier alpha value is -0.980. The zero-order valence-electron chi connectivity index (χ0n) is 8.13. The second-order valence-corrected chi connectivity index (χ2v) is 3.48. The van der Waals surface area contributed by atoms with Gasteiger partial charge in [0, 0.05) is 32.7 Å². The van der Waals surface area contributed by atoms with Crippen molar-refractivity contribution in [1.29, 1.82) is 0 Å². The average Bonchev–Trinajstić information content (AvgIpc) is 2.14. The standard InChI is InChI=1S/C8H13F3N2O2/c9-8(10,11)1-2-12-3-5-13(6-4-12)7(14)15/h1-6H2,(H,14,15). The minimum Gasteiger partial charge on any atom is -0.465 e. The maximum absolute atomic E-state index is 11.9. The van der Waals surface area contributed by atoms with E-state index in [4.69, 9.17) is 5.11 Å². The molecule has 4 nitrogen and oxygen atoms in total. The molecule has 0 spiro atoms. The molecule has 0 atom stereocenters. The molecule has 88 valence electrons. The van der Waals surface area contributed by atoms with Gasteiger partial charge in [0.25, 0.3) is 0 Å². The summed E-state index contributed by atoms with van der Waals surface area (Å²) >= 11 is 0. The number of rotatable bonds is 2. The quantitative estimate of drug-likeness (QED) is 0.770. The van der Waals surface area contributed by atoms with Crippen molar-refractivity contribution in [2.24, 2.45) is 0 Å². The third-order valence-electron chi connectivity index (χ3n) is 2.35. The lowest BCUT2D eigenvalue weighted by Crippen LogP contribution is -2.48. The van der Waals surface area contributed by atoms with Crippen LogP contribution in [0.25, 0.3) is 0 Å². The molecule has 1 amide bonds. The van der Waals surface area contributed by atoms with Crippen LogP contribution in [0.1, 0.15) is 6.42 Å². The zero-order chi connectivity index (χ0) is 11.5. The lowest BCUT2D eigenvalue weighted by atomic mass is 10.3. The van der Waals surface area contributed by atoms with Crippen LogP contribution >= 0.6 is 0 Å². The highest BCUT2D eigenvalue weighted by atomic mass is 19.4. The van der Waals surface area contributed by atoms with Gasteiger partial charge in [0.1, 0.15) is 0 Å². The molecule has 0 aliphatic carbocycles. The summed E-state index contributed by atoms with van der Waals surface area (Å²) in [4.78, 5) is 13.3. The Kier molecular flexibility index (Phi) is 3.78. The topological polar surface area (TPSA) is 43.8 Å². The second-order valence-electron chi connectivity index (χ2n) is 3.48. The number of hydrogen-bond donors (Lipinski definition) is 1. The summed E-state index contributed by atoms with van der Waals surface area (Å²) in [5.41, 5.74) is 0. The van der Waals surface area contributed by atoms with Crippen molar-refractivity contribution in [3.8, 4) is 0 Å². The van der Waals surface area contributed by atoms with E-state index in [1.807, 2.05) is 0 Å². The molecule has 0 bridgehead atoms. The molecule has 7 heteroatoms. The number of halogens is 3. The molecule has 1 aliphatic rings. The van der Waals surface area contributed by atoms with E-state index in [0.717, 1.165) is 0 Å². The van der Waals surface area contributed by atoms with Crippen LogP contribution in [0, 0.1) is 0 Å². The van der Waals surface area contributed by atoms with Gasteiger partial charge in [-0.2, -0.15) is 13.2 Å². The van der Waals surface area contributed by atoms with E-state index in [1.54, 1.807) is 4.90 Å². The Morgan fingerprint density at radius 2 is 1.73 bits per heavy atom. The van der Waals surface area contributed by atoms with Gasteiger partial charge in [0.05, 0.1) is 6.42 Å². The molecule has 1 heterocycles. The van der Waals surface area contributed by atoms with E-state index < -0.39 is 18.7 Å². The summed E-state index contributed by atoms with van der Waals surface area (Å²) in [5, 5.41) is 8.61. The Labute approximate surface area is 85.3 Å². The molecule has 1 fully saturated rings. The lowest BCUT2D eigenvalue weighted by molar-refractivity contribution is -0.138. The molecular weight excluding hydrogens is 213 g/mol. The highest BCUT2D eigenvalue weighted by Gasteiger charge is 2.29. The highest BCUT2D eigenvalue weighted by Crippen LogP contribution is 2.20. The van der Waals surface area contributed by atoms with Gasteiger partial charge in [-0.15, -0.1) is 0 Å². The van der Waals surface area contributed by atoms with Gasteiger partial charge in [0.15, 0.2) is 0 Å². The van der Waals surface area contributed by atoms with Gasteiger partial charge >= 0.3 is 12.3 Å². The first kappa shape index (κ1) is 12.1. The smallest absolute Gasteiger partial charge is 0.407 e. The monoisotopic (exact) mass is 226 g/mol. The Balaban J connectivity index is 2.23. The summed E-state index contributed by atoms with van der Waals surface area (Å²) in [6.45, 7) is 1.28. The number of hydrogen-bond acceptors (Lipinski definition) is 2. The predicted octanol–water partition coefficient (Wildman–Crippen LogP) is 1.23. The third-order valence-corrected chi connectivity index (χ3v) is 2.35. The minimum atomic E-state index is -4.13. The molecule has 15 heavy (non-hydrogen) atoms. The van der Waals surface area contributed by atoms with Crippen LogP contribution in [0.2, 0.25) is 0 Å². The molecular formula is C8H13F3N2O2. The van der Waals surface area contributed by atoms with Crippen LogP contribution in [-0.4, -0.2) is 59.9 Å². The average molecular weight is 226 g/mol. The highest BCUT2D eigenvalue weighted by molar-refractivity contribution is 5.65. The first-order valence-electron chi connectivity index (χ1n) is 4.65. The van der Waals surface area contributed by atoms with Gasteiger partial charge in [-0.05, 0) is 0 Å². The van der Waals surface area contributed by atoms with E-state index in [0.29, 0.717) is 13.1 Å². The second kappa shape index (κ2) is 4.69. The molecule has 0 aromatic heterocycles. The van der Waals surface area contributed by atoms with Crippen LogP contribution in [-0.2, 0) is 0 Å². The Bertz CT molecular complexity index is 224. The van der Waals surface area contributed by atoms with Crippen molar-refractivity contribution in [3.63, 3.8) is 0 Å². The number of alkyl halides is 3. The molecule has 0 unspecified atom stereocenters. The predicted molar refractivity (Wildman–Crippen MR) is 46.7 cm³/mol. The number of nitrogens with zero attached hydrogens (tertiary/aromatic N) is 2. The fourth-order valence-electron chi connectivity index (χ4n) is 1.45. The molecule has 1 saturated heterocycles. The number of carboxylic acid groups (broad SMARTS) is 1. The Morgan fingerprint density at radius 1 is 1.20 bits per heavy atom. The molecule has 1 N–H and O–H groups in total. The summed E-state index contributed by atoms with van der Waals surface area (Å²) in [6, 6.07) is 0. The van der Waals surface area contributed by atoms with Gasteiger partial charge in [-0.1, -0.05) is 0 Å². The number of carbonyl (C=O) groups is 1. The van der Waals surface area contributed by atoms with Crippen molar-refractivity contribution in [1.82, 2.24) is 9.80 Å². The largest absolute Gasteiger partial charge is 0.465 e. The minimum absolute atomic E-state index is 0.0447. The van der Waals surface area contributed by atoms with Crippen LogP contribution in [0.5, 0.6) is 0 Å². The summed E-state index contributed by atoms with van der Waals surface area (Å²) in [5.74, 6) is 0. The van der Waals surface area contributed by atoms with Crippen molar-refractivity contribution in [2.45, 2.75) is 12.6 Å². The van der Waals surface area contributed by atoms with Crippen molar-refractivity contribution >= 4 is 6.09 Å². The van der Waals surface area contributed by atoms with Crippen LogP contribution in [0.4, 0.5) is 18.0 Å². The molecule has 0 aromatic carbocycles. The first-order valence-corrected chi connectivity index (χ1v) is 4.65. The van der Waals surface area contributed by atoms with E-state index >= 15 is 0 Å². The van der Waals surface area contributed by atoms with E-state index in [-0.39, 0.29) is 19.6 Å². The lowest BCUT2D eigenvalue weighted by Gasteiger charge is -2.33. The van der Waals surface area contributed by atoms with Crippen molar-refractivity contribution in [2.75, 3.05) is 32.7 Å². The number of piperazine rings is 1. The Morgan fingerprint density at radius 3 is 2.13 bits per heavy atom. The van der Waals surface area contributed by atoms with Crippen molar-refractivity contribution in [3.05, 3.63) is 0 Å². The van der Waals surface area contributed by atoms with E-state index in [9.17, 15) is 18.0 Å². The summed E-state index contributed by atoms with van der Waals surface area (Å²) < 4.78 is 35.7. The van der Waals surface area contributed by atoms with Gasteiger partial charge in [0.2, 0.25) is 0 Å². The van der Waals surface area contributed by atoms with Crippen molar-refractivity contribution < 1.29 is 23.1 Å². The number of amides is 1. The van der Waals surface area contributed by atoms with Crippen LogP contribution in [0.15, 0.2) is 0 Å². The molecule has 0 aromatic rings.